The molecule has 3 rings (SSSR count). The minimum Gasteiger partial charge on any atom is -0.357 e. The number of nitrogens with one attached hydrogen (secondary N) is 2. The number of piperidine rings is 2. The zero-order valence-electron chi connectivity index (χ0n) is 20.4. The Kier molecular flexibility index (Phi) is 9.85. The van der Waals surface area contributed by atoms with Crippen LogP contribution in [0.15, 0.2) is 35.3 Å². The molecule has 0 unspecified atom stereocenters. The van der Waals surface area contributed by atoms with Crippen molar-refractivity contribution in [3.05, 3.63) is 35.9 Å². The third-order valence-electron chi connectivity index (χ3n) is 6.60. The molecule has 2 aliphatic rings. The van der Waals surface area contributed by atoms with Crippen molar-refractivity contribution in [2.45, 2.75) is 58.9 Å². The fourth-order valence-electron chi connectivity index (χ4n) is 4.87. The summed E-state index contributed by atoms with van der Waals surface area (Å²) in [5, 5.41) is 6.89. The molecule has 0 atom stereocenters. The quantitative estimate of drug-likeness (QED) is 0.481. The number of hydrogen-bond acceptors (Lipinski definition) is 3. The van der Waals surface area contributed by atoms with Gasteiger partial charge >= 0.3 is 0 Å². The van der Waals surface area contributed by atoms with Gasteiger partial charge in [0, 0.05) is 45.3 Å². The van der Waals surface area contributed by atoms with E-state index in [0.29, 0.717) is 17.9 Å². The van der Waals surface area contributed by atoms with Crippen molar-refractivity contribution < 1.29 is 4.79 Å². The second-order valence-corrected chi connectivity index (χ2v) is 9.82. The van der Waals surface area contributed by atoms with Gasteiger partial charge in [-0.05, 0) is 56.4 Å². The molecule has 0 aliphatic carbocycles. The van der Waals surface area contributed by atoms with Crippen LogP contribution in [-0.4, -0.2) is 73.5 Å². The van der Waals surface area contributed by atoms with Crippen LogP contribution in [0.4, 0.5) is 0 Å². The molecule has 0 radical (unpaired) electrons. The van der Waals surface area contributed by atoms with Crippen LogP contribution in [0.5, 0.6) is 0 Å². The Morgan fingerprint density at radius 1 is 1.06 bits per heavy atom. The van der Waals surface area contributed by atoms with Gasteiger partial charge in [-0.15, -0.1) is 0 Å². The molecule has 6 heteroatoms. The molecule has 32 heavy (non-hydrogen) atoms. The van der Waals surface area contributed by atoms with E-state index in [2.05, 4.69) is 71.6 Å². The first-order valence-electron chi connectivity index (χ1n) is 12.6. The van der Waals surface area contributed by atoms with Crippen LogP contribution >= 0.6 is 0 Å². The Morgan fingerprint density at radius 2 is 1.75 bits per heavy atom. The van der Waals surface area contributed by atoms with Crippen LogP contribution in [-0.2, 0) is 11.2 Å². The lowest BCUT2D eigenvalue weighted by atomic mass is 9.90. The number of nitrogens with zero attached hydrogens (tertiary/aromatic N) is 3. The SMILES string of the molecule is CCNC(=NCC(=O)N1CCC(Cc2ccccc2)CC1)NC1CCN(CC(C)C)CC1. The molecular weight excluding hydrogens is 398 g/mol. The first-order valence-corrected chi connectivity index (χ1v) is 12.6. The third kappa shape index (κ3) is 8.12. The zero-order chi connectivity index (χ0) is 22.8. The maximum Gasteiger partial charge on any atom is 0.244 e. The molecule has 178 valence electrons. The van der Waals surface area contributed by atoms with Crippen LogP contribution in [0.3, 0.4) is 0 Å². The van der Waals surface area contributed by atoms with E-state index < -0.39 is 0 Å². The second kappa shape index (κ2) is 12.8. The lowest BCUT2D eigenvalue weighted by Gasteiger charge is -2.34. The summed E-state index contributed by atoms with van der Waals surface area (Å²) < 4.78 is 0. The van der Waals surface area contributed by atoms with Crippen LogP contribution < -0.4 is 10.6 Å². The summed E-state index contributed by atoms with van der Waals surface area (Å²) in [4.78, 5) is 21.9. The normalized spacial score (nSPS) is 19.4. The third-order valence-corrected chi connectivity index (χ3v) is 6.60. The predicted molar refractivity (Wildman–Crippen MR) is 133 cm³/mol. The molecule has 0 aromatic heterocycles. The number of rotatable bonds is 8. The summed E-state index contributed by atoms with van der Waals surface area (Å²) in [5.74, 6) is 2.31. The van der Waals surface area contributed by atoms with Gasteiger partial charge in [-0.1, -0.05) is 44.2 Å². The van der Waals surface area contributed by atoms with Gasteiger partial charge in [0.2, 0.25) is 5.91 Å². The second-order valence-electron chi connectivity index (χ2n) is 9.82. The smallest absolute Gasteiger partial charge is 0.244 e. The minimum absolute atomic E-state index is 0.145. The molecule has 1 aromatic carbocycles. The molecule has 1 amide bonds. The molecule has 0 saturated carbocycles. The van der Waals surface area contributed by atoms with E-state index in [-0.39, 0.29) is 12.5 Å². The lowest BCUT2D eigenvalue weighted by Crippen LogP contribution is -2.49. The summed E-state index contributed by atoms with van der Waals surface area (Å²) in [5.41, 5.74) is 1.40. The molecule has 2 N–H and O–H groups in total. The van der Waals surface area contributed by atoms with Gasteiger partial charge in [-0.2, -0.15) is 0 Å². The summed E-state index contributed by atoms with van der Waals surface area (Å²) >= 11 is 0. The van der Waals surface area contributed by atoms with Crippen LogP contribution in [0, 0.1) is 11.8 Å². The van der Waals surface area contributed by atoms with E-state index in [1.54, 1.807) is 0 Å². The number of benzene rings is 1. The number of aliphatic imine (C=N–C) groups is 1. The maximum absolute atomic E-state index is 12.8. The largest absolute Gasteiger partial charge is 0.357 e. The van der Waals surface area contributed by atoms with Gasteiger partial charge in [0.15, 0.2) is 5.96 Å². The van der Waals surface area contributed by atoms with Crippen molar-refractivity contribution in [3.8, 4) is 0 Å². The molecule has 2 saturated heterocycles. The molecule has 2 aliphatic heterocycles. The lowest BCUT2D eigenvalue weighted by molar-refractivity contribution is -0.130. The van der Waals surface area contributed by atoms with Crippen LogP contribution in [0.2, 0.25) is 0 Å². The fourth-order valence-corrected chi connectivity index (χ4v) is 4.87. The van der Waals surface area contributed by atoms with E-state index in [4.69, 9.17) is 0 Å². The van der Waals surface area contributed by atoms with Crippen molar-refractivity contribution in [2.24, 2.45) is 16.8 Å². The Morgan fingerprint density at radius 3 is 2.38 bits per heavy atom. The Bertz CT molecular complexity index is 704. The average Bonchev–Trinajstić information content (AvgIpc) is 2.79. The molecular formula is C26H43N5O. The first kappa shape index (κ1) is 24.6. The van der Waals surface area contributed by atoms with Crippen LogP contribution in [0.25, 0.3) is 0 Å². The Labute approximate surface area is 194 Å². The summed E-state index contributed by atoms with van der Waals surface area (Å²) in [6.07, 6.45) is 5.53. The highest BCUT2D eigenvalue weighted by atomic mass is 16.2. The van der Waals surface area contributed by atoms with Gasteiger partial charge < -0.3 is 20.4 Å². The molecule has 1 aromatic rings. The van der Waals surface area contributed by atoms with E-state index in [1.807, 2.05) is 4.90 Å². The van der Waals surface area contributed by atoms with Gasteiger partial charge in [-0.3, -0.25) is 4.79 Å². The zero-order valence-corrected chi connectivity index (χ0v) is 20.4. The Balaban J connectivity index is 1.41. The maximum atomic E-state index is 12.8. The summed E-state index contributed by atoms with van der Waals surface area (Å²) in [7, 11) is 0. The molecule has 6 nitrogen and oxygen atoms in total. The van der Waals surface area contributed by atoms with E-state index in [9.17, 15) is 4.79 Å². The van der Waals surface area contributed by atoms with Gasteiger partial charge in [0.05, 0.1) is 0 Å². The van der Waals surface area contributed by atoms with Crippen molar-refractivity contribution in [3.63, 3.8) is 0 Å². The van der Waals surface area contributed by atoms with Gasteiger partial charge in [0.25, 0.3) is 0 Å². The standard InChI is InChI=1S/C26H43N5O/c1-4-27-26(29-24-12-14-30(15-13-24)20-21(2)3)28-19-25(32)31-16-10-23(11-17-31)18-22-8-6-5-7-9-22/h5-9,21,23-24H,4,10-20H2,1-3H3,(H2,27,28,29). The molecule has 0 bridgehead atoms. The fraction of sp³-hybridized carbons (Fsp3) is 0.692. The molecule has 2 heterocycles. The van der Waals surface area contributed by atoms with Gasteiger partial charge in [0.1, 0.15) is 6.54 Å². The highest BCUT2D eigenvalue weighted by Crippen LogP contribution is 2.21. The number of amides is 1. The summed E-state index contributed by atoms with van der Waals surface area (Å²) in [6, 6.07) is 11.1. The van der Waals surface area contributed by atoms with E-state index >= 15 is 0 Å². The Hall–Kier alpha value is -2.08. The van der Waals surface area contributed by atoms with E-state index in [0.717, 1.165) is 70.8 Å². The van der Waals surface area contributed by atoms with Gasteiger partial charge in [-0.25, -0.2) is 4.99 Å². The molecule has 2 fully saturated rings. The van der Waals surface area contributed by atoms with Crippen molar-refractivity contribution >= 4 is 11.9 Å². The number of carbonyl (C=O) groups excluding carboxylic acids is 1. The minimum atomic E-state index is 0.145. The number of likely N-dealkylation sites (tertiary alicyclic amines) is 2. The number of guanidine groups is 1. The van der Waals surface area contributed by atoms with Crippen molar-refractivity contribution in [1.82, 2.24) is 20.4 Å². The predicted octanol–water partition coefficient (Wildman–Crippen LogP) is 3.14. The topological polar surface area (TPSA) is 60.0 Å². The van der Waals surface area contributed by atoms with Crippen molar-refractivity contribution in [2.75, 3.05) is 45.8 Å². The highest BCUT2D eigenvalue weighted by Gasteiger charge is 2.23. The van der Waals surface area contributed by atoms with E-state index in [1.165, 1.54) is 12.1 Å². The highest BCUT2D eigenvalue weighted by molar-refractivity contribution is 5.85. The molecule has 0 spiro atoms. The van der Waals surface area contributed by atoms with Crippen molar-refractivity contribution in [1.29, 1.82) is 0 Å². The number of carbonyl (C=O) groups is 1. The monoisotopic (exact) mass is 441 g/mol. The number of hydrogen-bond donors (Lipinski definition) is 2. The average molecular weight is 442 g/mol. The summed E-state index contributed by atoms with van der Waals surface area (Å²) in [6.45, 7) is 12.8. The van der Waals surface area contributed by atoms with Crippen LogP contribution in [0.1, 0.15) is 52.0 Å². The first-order chi connectivity index (χ1) is 15.5.